The van der Waals surface area contributed by atoms with E-state index >= 15 is 0 Å². The average Bonchev–Trinajstić information content (AvgIpc) is 2.52. The van der Waals surface area contributed by atoms with E-state index in [-0.39, 0.29) is 12.6 Å². The summed E-state index contributed by atoms with van der Waals surface area (Å²) in [5.74, 6) is -0.997. The molecule has 0 aliphatic carbocycles. The lowest BCUT2D eigenvalue weighted by Crippen LogP contribution is -2.31. The molecule has 126 valence electrons. The number of benzene rings is 2. The average molecular weight is 431 g/mol. The summed E-state index contributed by atoms with van der Waals surface area (Å²) < 4.78 is 5.63. The second-order valence-electron chi connectivity index (χ2n) is 5.01. The summed E-state index contributed by atoms with van der Waals surface area (Å²) in [4.78, 5) is 23.9. The molecule has 0 fully saturated rings. The van der Waals surface area contributed by atoms with Gasteiger partial charge in [0.05, 0.1) is 11.6 Å². The molecular formula is C17H14BrCl2NO3. The summed E-state index contributed by atoms with van der Waals surface area (Å²) in [5.41, 5.74) is 1.09. The van der Waals surface area contributed by atoms with Crippen LogP contribution in [0.1, 0.15) is 28.9 Å². The number of rotatable bonds is 5. The van der Waals surface area contributed by atoms with Crippen molar-refractivity contribution in [3.8, 4) is 0 Å². The molecule has 2 rings (SSSR count). The van der Waals surface area contributed by atoms with E-state index in [2.05, 4.69) is 21.2 Å². The van der Waals surface area contributed by atoms with E-state index in [1.807, 2.05) is 0 Å². The van der Waals surface area contributed by atoms with Crippen LogP contribution in [0.4, 0.5) is 0 Å². The fourth-order valence-electron chi connectivity index (χ4n) is 2.05. The number of ether oxygens (including phenoxy) is 1. The first-order chi connectivity index (χ1) is 11.4. The third-order valence-electron chi connectivity index (χ3n) is 3.23. The van der Waals surface area contributed by atoms with Crippen LogP contribution in [-0.4, -0.2) is 18.5 Å². The smallest absolute Gasteiger partial charge is 0.339 e. The number of carbonyl (C=O) groups excluding carboxylic acids is 2. The van der Waals surface area contributed by atoms with Crippen LogP contribution in [0.3, 0.4) is 0 Å². The Balaban J connectivity index is 1.91. The molecule has 2 aromatic rings. The summed E-state index contributed by atoms with van der Waals surface area (Å²) in [6, 6.07) is 11.5. The molecule has 4 nitrogen and oxygen atoms in total. The van der Waals surface area contributed by atoms with Crippen molar-refractivity contribution in [2.75, 3.05) is 6.61 Å². The summed E-state index contributed by atoms with van der Waals surface area (Å²) in [6.07, 6.45) is 0. The maximum atomic E-state index is 12.0. The van der Waals surface area contributed by atoms with Crippen molar-refractivity contribution in [1.82, 2.24) is 5.32 Å². The quantitative estimate of drug-likeness (QED) is 0.693. The molecule has 24 heavy (non-hydrogen) atoms. The molecule has 0 bridgehead atoms. The number of amides is 1. The zero-order valence-electron chi connectivity index (χ0n) is 12.7. The summed E-state index contributed by atoms with van der Waals surface area (Å²) in [5, 5.41) is 3.70. The van der Waals surface area contributed by atoms with Gasteiger partial charge in [0.1, 0.15) is 0 Å². The minimum absolute atomic E-state index is 0.343. The van der Waals surface area contributed by atoms with Crippen LogP contribution in [0.5, 0.6) is 0 Å². The topological polar surface area (TPSA) is 55.4 Å². The van der Waals surface area contributed by atoms with Gasteiger partial charge in [-0.3, -0.25) is 4.79 Å². The van der Waals surface area contributed by atoms with Gasteiger partial charge in [-0.1, -0.05) is 41.4 Å². The molecule has 0 aromatic heterocycles. The highest BCUT2D eigenvalue weighted by Crippen LogP contribution is 2.26. The Hall–Kier alpha value is -1.56. The van der Waals surface area contributed by atoms with E-state index in [1.54, 1.807) is 49.4 Å². The molecular weight excluding hydrogens is 417 g/mol. The van der Waals surface area contributed by atoms with E-state index in [9.17, 15) is 9.59 Å². The van der Waals surface area contributed by atoms with Gasteiger partial charge in [-0.2, -0.15) is 0 Å². The summed E-state index contributed by atoms with van der Waals surface area (Å²) in [7, 11) is 0. The fraction of sp³-hybridized carbons (Fsp3) is 0.176. The third kappa shape index (κ3) is 4.97. The fourth-order valence-corrected chi connectivity index (χ4v) is 3.07. The van der Waals surface area contributed by atoms with E-state index in [0.717, 1.165) is 5.56 Å². The van der Waals surface area contributed by atoms with Gasteiger partial charge < -0.3 is 10.1 Å². The maximum Gasteiger partial charge on any atom is 0.339 e. The van der Waals surface area contributed by atoms with Gasteiger partial charge >= 0.3 is 5.97 Å². The molecule has 0 radical (unpaired) electrons. The Labute approximate surface area is 158 Å². The van der Waals surface area contributed by atoms with Gasteiger partial charge in [0.2, 0.25) is 0 Å². The van der Waals surface area contributed by atoms with Crippen LogP contribution < -0.4 is 5.32 Å². The lowest BCUT2D eigenvalue weighted by molar-refractivity contribution is -0.124. The number of halogens is 3. The van der Waals surface area contributed by atoms with Crippen molar-refractivity contribution in [3.05, 3.63) is 68.1 Å². The van der Waals surface area contributed by atoms with Crippen LogP contribution in [-0.2, 0) is 9.53 Å². The zero-order valence-corrected chi connectivity index (χ0v) is 15.8. The van der Waals surface area contributed by atoms with Gasteiger partial charge in [-0.25, -0.2) is 4.79 Å². The van der Waals surface area contributed by atoms with Crippen molar-refractivity contribution in [3.63, 3.8) is 0 Å². The molecule has 0 aliphatic rings. The molecule has 1 amide bonds. The molecule has 0 heterocycles. The number of hydrogen-bond acceptors (Lipinski definition) is 3. The van der Waals surface area contributed by atoms with Crippen molar-refractivity contribution in [2.24, 2.45) is 0 Å². The van der Waals surface area contributed by atoms with Gasteiger partial charge in [-0.15, -0.1) is 0 Å². The molecule has 0 saturated carbocycles. The first kappa shape index (κ1) is 18.8. The van der Waals surface area contributed by atoms with E-state index in [4.69, 9.17) is 27.9 Å². The summed E-state index contributed by atoms with van der Waals surface area (Å²) in [6.45, 7) is 1.40. The molecule has 2 aromatic carbocycles. The molecule has 7 heteroatoms. The molecule has 1 atom stereocenters. The second kappa shape index (κ2) is 8.51. The highest BCUT2D eigenvalue weighted by Gasteiger charge is 2.16. The third-order valence-corrected chi connectivity index (χ3v) is 4.49. The van der Waals surface area contributed by atoms with Crippen LogP contribution in [0, 0.1) is 0 Å². The second-order valence-corrected chi connectivity index (χ2v) is 6.71. The van der Waals surface area contributed by atoms with Crippen LogP contribution in [0.15, 0.2) is 46.9 Å². The Kier molecular flexibility index (Phi) is 6.66. The maximum absolute atomic E-state index is 12.0. The first-order valence-corrected chi connectivity index (χ1v) is 8.59. The van der Waals surface area contributed by atoms with Crippen molar-refractivity contribution in [2.45, 2.75) is 13.0 Å². The Morgan fingerprint density at radius 3 is 2.58 bits per heavy atom. The van der Waals surface area contributed by atoms with Crippen molar-refractivity contribution in [1.29, 1.82) is 0 Å². The van der Waals surface area contributed by atoms with Crippen LogP contribution >= 0.6 is 39.1 Å². The summed E-state index contributed by atoms with van der Waals surface area (Å²) >= 11 is 15.2. The van der Waals surface area contributed by atoms with Gasteiger partial charge in [-0.05, 0) is 52.7 Å². The Morgan fingerprint density at radius 1 is 1.21 bits per heavy atom. The lowest BCUT2D eigenvalue weighted by Gasteiger charge is -2.16. The lowest BCUT2D eigenvalue weighted by atomic mass is 10.1. The SMILES string of the molecule is CC(NC(=O)COC(=O)c1ccccc1Br)c1ccc(Cl)cc1Cl. The molecule has 0 spiro atoms. The molecule has 0 aliphatic heterocycles. The van der Waals surface area contributed by atoms with E-state index < -0.39 is 11.9 Å². The standard InChI is InChI=1S/C17H14BrCl2NO3/c1-10(12-7-6-11(19)8-15(12)20)21-16(22)9-24-17(23)13-4-2-3-5-14(13)18/h2-8,10H,9H2,1H3,(H,21,22). The molecule has 0 saturated heterocycles. The van der Waals surface area contributed by atoms with Crippen molar-refractivity contribution >= 4 is 51.0 Å². The minimum atomic E-state index is -0.574. The highest BCUT2D eigenvalue weighted by atomic mass is 79.9. The normalized spacial score (nSPS) is 11.7. The predicted octanol–water partition coefficient (Wildman–Crippen LogP) is 4.79. The first-order valence-electron chi connectivity index (χ1n) is 7.04. The Morgan fingerprint density at radius 2 is 1.92 bits per heavy atom. The molecule has 1 N–H and O–H groups in total. The molecule has 1 unspecified atom stereocenters. The minimum Gasteiger partial charge on any atom is -0.452 e. The van der Waals surface area contributed by atoms with E-state index in [0.29, 0.717) is 20.1 Å². The van der Waals surface area contributed by atoms with Crippen molar-refractivity contribution < 1.29 is 14.3 Å². The largest absolute Gasteiger partial charge is 0.452 e. The van der Waals surface area contributed by atoms with Gasteiger partial charge in [0, 0.05) is 14.5 Å². The van der Waals surface area contributed by atoms with Crippen LogP contribution in [0.2, 0.25) is 10.0 Å². The predicted molar refractivity (Wildman–Crippen MR) is 97.4 cm³/mol. The monoisotopic (exact) mass is 429 g/mol. The highest BCUT2D eigenvalue weighted by molar-refractivity contribution is 9.10. The number of esters is 1. The zero-order chi connectivity index (χ0) is 17.7. The van der Waals surface area contributed by atoms with Gasteiger partial charge in [0.25, 0.3) is 5.91 Å². The number of hydrogen-bond donors (Lipinski definition) is 1. The van der Waals surface area contributed by atoms with Crippen LogP contribution in [0.25, 0.3) is 0 Å². The van der Waals surface area contributed by atoms with E-state index in [1.165, 1.54) is 0 Å². The van der Waals surface area contributed by atoms with Gasteiger partial charge in [0.15, 0.2) is 6.61 Å². The Bertz CT molecular complexity index is 767. The number of nitrogens with one attached hydrogen (secondary N) is 1. The number of carbonyl (C=O) groups is 2.